The Morgan fingerprint density at radius 1 is 1.25 bits per heavy atom. The van der Waals surface area contributed by atoms with E-state index in [4.69, 9.17) is 4.74 Å². The number of carbonyl (C=O) groups is 1. The molecule has 1 aromatic carbocycles. The number of amides is 1. The summed E-state index contributed by atoms with van der Waals surface area (Å²) in [4.78, 5) is 17.8. The number of nitrogens with zero attached hydrogens (tertiary/aromatic N) is 2. The van der Waals surface area contributed by atoms with Gasteiger partial charge in [-0.1, -0.05) is 18.2 Å². The maximum Gasteiger partial charge on any atom is 0.223 e. The molecule has 2 rings (SSSR count). The zero-order valence-electron chi connectivity index (χ0n) is 14.3. The van der Waals surface area contributed by atoms with Crippen LogP contribution in [-0.4, -0.2) is 57.1 Å². The van der Waals surface area contributed by atoms with Gasteiger partial charge in [0.1, 0.15) is 12.4 Å². The Hall–Kier alpha value is -1.51. The smallest absolute Gasteiger partial charge is 0.223 e. The zero-order chi connectivity index (χ0) is 16.5. The van der Waals surface area contributed by atoms with Crippen molar-refractivity contribution in [3.05, 3.63) is 30.3 Å². The van der Waals surface area contributed by atoms with Gasteiger partial charge in [-0.05, 0) is 25.0 Å². The number of carbonyl (C=O) groups excluding carboxylic acids is 1. The van der Waals surface area contributed by atoms with E-state index in [-0.39, 0.29) is 35.8 Å². The van der Waals surface area contributed by atoms with Crippen molar-refractivity contribution in [2.75, 3.05) is 40.3 Å². The third-order valence-corrected chi connectivity index (χ3v) is 3.67. The van der Waals surface area contributed by atoms with Crippen LogP contribution < -0.4 is 15.4 Å². The summed E-state index contributed by atoms with van der Waals surface area (Å²) in [5.74, 6) is 2.09. The Morgan fingerprint density at radius 2 is 1.92 bits per heavy atom. The number of hydrogen-bond acceptors (Lipinski definition) is 3. The lowest BCUT2D eigenvalue weighted by Gasteiger charge is -2.22. The lowest BCUT2D eigenvalue weighted by atomic mass is 10.3. The molecule has 1 fully saturated rings. The van der Waals surface area contributed by atoms with Gasteiger partial charge in [0, 0.05) is 33.1 Å². The second-order valence-corrected chi connectivity index (χ2v) is 5.62. The molecule has 0 spiro atoms. The molecule has 7 heteroatoms. The summed E-state index contributed by atoms with van der Waals surface area (Å²) in [6, 6.07) is 9.75. The second-order valence-electron chi connectivity index (χ2n) is 5.62. The number of hydrogen-bond donors (Lipinski definition) is 2. The first-order valence-electron chi connectivity index (χ1n) is 8.08. The Labute approximate surface area is 161 Å². The first-order valence-corrected chi connectivity index (χ1v) is 8.08. The summed E-state index contributed by atoms with van der Waals surface area (Å²) in [7, 11) is 3.71. The van der Waals surface area contributed by atoms with Gasteiger partial charge >= 0.3 is 0 Å². The van der Waals surface area contributed by atoms with Gasteiger partial charge < -0.3 is 20.3 Å². The molecule has 0 unspecified atom stereocenters. The van der Waals surface area contributed by atoms with Gasteiger partial charge in [0.15, 0.2) is 5.96 Å². The van der Waals surface area contributed by atoms with Gasteiger partial charge in [-0.3, -0.25) is 9.79 Å². The summed E-state index contributed by atoms with van der Waals surface area (Å²) < 4.78 is 5.68. The molecule has 1 saturated carbocycles. The number of likely N-dealkylation sites (N-methyl/N-ethyl adjacent to an activating group) is 1. The van der Waals surface area contributed by atoms with E-state index < -0.39 is 0 Å². The van der Waals surface area contributed by atoms with Crippen molar-refractivity contribution in [3.63, 3.8) is 0 Å². The topological polar surface area (TPSA) is 66.0 Å². The first-order chi connectivity index (χ1) is 11.2. The summed E-state index contributed by atoms with van der Waals surface area (Å²) in [6.07, 6.45) is 2.07. The van der Waals surface area contributed by atoms with Crippen molar-refractivity contribution >= 4 is 35.8 Å². The van der Waals surface area contributed by atoms with E-state index in [2.05, 4.69) is 15.6 Å². The number of aliphatic imine (C=N–C) groups is 1. The standard InChI is InChI=1S/C17H26N4O2.HI/c1-18-17(20-11-10-19-16(22)14-8-9-14)21(2)12-13-23-15-6-4-3-5-7-15;/h3-7,14H,8-13H2,1-2H3,(H,18,20)(H,19,22);1H. The minimum absolute atomic E-state index is 0. The maximum atomic E-state index is 11.5. The molecule has 1 aliphatic rings. The van der Waals surface area contributed by atoms with Crippen LogP contribution in [-0.2, 0) is 4.79 Å². The lowest BCUT2D eigenvalue weighted by molar-refractivity contribution is -0.122. The van der Waals surface area contributed by atoms with Gasteiger partial charge in [0.25, 0.3) is 0 Å². The molecular formula is C17H27IN4O2. The number of halogens is 1. The van der Waals surface area contributed by atoms with E-state index in [1.54, 1.807) is 7.05 Å². The molecule has 0 radical (unpaired) electrons. The molecule has 134 valence electrons. The van der Waals surface area contributed by atoms with Crippen LogP contribution in [0.2, 0.25) is 0 Å². The first kappa shape index (κ1) is 20.5. The van der Waals surface area contributed by atoms with E-state index in [9.17, 15) is 4.79 Å². The predicted molar refractivity (Wildman–Crippen MR) is 107 cm³/mol. The van der Waals surface area contributed by atoms with E-state index in [0.717, 1.165) is 31.1 Å². The normalized spacial score (nSPS) is 13.7. The SMILES string of the molecule is CN=C(NCCNC(=O)C1CC1)N(C)CCOc1ccccc1.I. The van der Waals surface area contributed by atoms with Crippen LogP contribution in [0.3, 0.4) is 0 Å². The fraction of sp³-hybridized carbons (Fsp3) is 0.529. The van der Waals surface area contributed by atoms with Crippen molar-refractivity contribution in [2.24, 2.45) is 10.9 Å². The van der Waals surface area contributed by atoms with E-state index >= 15 is 0 Å². The average Bonchev–Trinajstić information content (AvgIpc) is 3.40. The van der Waals surface area contributed by atoms with Crippen molar-refractivity contribution in [2.45, 2.75) is 12.8 Å². The third kappa shape index (κ3) is 7.37. The van der Waals surface area contributed by atoms with Crippen LogP contribution in [0.15, 0.2) is 35.3 Å². The van der Waals surface area contributed by atoms with Gasteiger partial charge in [0.05, 0.1) is 6.54 Å². The number of ether oxygens (including phenoxy) is 1. The highest BCUT2D eigenvalue weighted by Crippen LogP contribution is 2.28. The minimum Gasteiger partial charge on any atom is -0.492 e. The number of nitrogens with one attached hydrogen (secondary N) is 2. The molecule has 0 atom stereocenters. The molecule has 24 heavy (non-hydrogen) atoms. The van der Waals surface area contributed by atoms with Crippen molar-refractivity contribution < 1.29 is 9.53 Å². The molecular weight excluding hydrogens is 419 g/mol. The number of guanidine groups is 1. The van der Waals surface area contributed by atoms with Crippen LogP contribution in [0.4, 0.5) is 0 Å². The largest absolute Gasteiger partial charge is 0.492 e. The van der Waals surface area contributed by atoms with Crippen LogP contribution in [0.25, 0.3) is 0 Å². The summed E-state index contributed by atoms with van der Waals surface area (Å²) in [6.45, 7) is 2.58. The molecule has 0 aromatic heterocycles. The van der Waals surface area contributed by atoms with Gasteiger partial charge in [-0.25, -0.2) is 0 Å². The number of benzene rings is 1. The predicted octanol–water partition coefficient (Wildman–Crippen LogP) is 1.72. The summed E-state index contributed by atoms with van der Waals surface area (Å²) >= 11 is 0. The molecule has 0 heterocycles. The van der Waals surface area contributed by atoms with Crippen molar-refractivity contribution in [3.8, 4) is 5.75 Å². The monoisotopic (exact) mass is 446 g/mol. The summed E-state index contributed by atoms with van der Waals surface area (Å²) in [5.41, 5.74) is 0. The average molecular weight is 446 g/mol. The molecule has 1 aromatic rings. The highest BCUT2D eigenvalue weighted by atomic mass is 127. The van der Waals surface area contributed by atoms with E-state index in [1.807, 2.05) is 42.3 Å². The molecule has 1 aliphatic carbocycles. The fourth-order valence-corrected chi connectivity index (χ4v) is 2.16. The second kappa shape index (κ2) is 11.1. The van der Waals surface area contributed by atoms with E-state index in [1.165, 1.54) is 0 Å². The molecule has 0 bridgehead atoms. The highest BCUT2D eigenvalue weighted by molar-refractivity contribution is 14.0. The van der Waals surface area contributed by atoms with Crippen molar-refractivity contribution in [1.29, 1.82) is 0 Å². The Kier molecular flexibility index (Phi) is 9.51. The molecule has 6 nitrogen and oxygen atoms in total. The van der Waals surface area contributed by atoms with Crippen LogP contribution in [0, 0.1) is 5.92 Å². The van der Waals surface area contributed by atoms with E-state index in [0.29, 0.717) is 19.7 Å². The quantitative estimate of drug-likeness (QED) is 0.276. The third-order valence-electron chi connectivity index (χ3n) is 3.67. The number of para-hydroxylation sites is 1. The molecule has 0 aliphatic heterocycles. The summed E-state index contributed by atoms with van der Waals surface area (Å²) in [5, 5.41) is 6.17. The Balaban J connectivity index is 0.00000288. The fourth-order valence-electron chi connectivity index (χ4n) is 2.16. The Bertz CT molecular complexity index is 521. The van der Waals surface area contributed by atoms with Crippen molar-refractivity contribution in [1.82, 2.24) is 15.5 Å². The van der Waals surface area contributed by atoms with Crippen LogP contribution in [0.1, 0.15) is 12.8 Å². The Morgan fingerprint density at radius 3 is 2.54 bits per heavy atom. The lowest BCUT2D eigenvalue weighted by Crippen LogP contribution is -2.43. The van der Waals surface area contributed by atoms with Crippen LogP contribution >= 0.6 is 24.0 Å². The van der Waals surface area contributed by atoms with Gasteiger partial charge in [-0.15, -0.1) is 24.0 Å². The molecule has 1 amide bonds. The van der Waals surface area contributed by atoms with Gasteiger partial charge in [-0.2, -0.15) is 0 Å². The molecule has 2 N–H and O–H groups in total. The van der Waals surface area contributed by atoms with Crippen LogP contribution in [0.5, 0.6) is 5.75 Å². The number of rotatable bonds is 8. The zero-order valence-corrected chi connectivity index (χ0v) is 16.7. The minimum atomic E-state index is 0. The maximum absolute atomic E-state index is 11.5. The highest BCUT2D eigenvalue weighted by Gasteiger charge is 2.28. The molecule has 0 saturated heterocycles. The van der Waals surface area contributed by atoms with Gasteiger partial charge in [0.2, 0.25) is 5.91 Å².